The fourth-order valence-corrected chi connectivity index (χ4v) is 2.61. The van der Waals surface area contributed by atoms with Crippen molar-refractivity contribution in [3.63, 3.8) is 0 Å². The molecule has 0 atom stereocenters. The molecule has 0 unspecified atom stereocenters. The average molecular weight is 290 g/mol. The summed E-state index contributed by atoms with van der Waals surface area (Å²) in [4.78, 5) is 37.7. The van der Waals surface area contributed by atoms with Crippen LogP contribution in [0.2, 0.25) is 0 Å². The largest absolute Gasteiger partial charge is 0.465 e. The predicted octanol–water partition coefficient (Wildman–Crippen LogP) is 2.37. The fourth-order valence-electron chi connectivity index (χ4n) is 2.61. The quantitative estimate of drug-likeness (QED) is 0.848. The Kier molecular flexibility index (Phi) is 3.49. The van der Waals surface area contributed by atoms with Gasteiger partial charge in [0.15, 0.2) is 0 Å². The van der Waals surface area contributed by atoms with E-state index in [4.69, 9.17) is 0 Å². The Hall–Kier alpha value is -2.37. The van der Waals surface area contributed by atoms with E-state index in [1.807, 2.05) is 0 Å². The number of anilines is 1. The molecule has 0 fully saturated rings. The van der Waals surface area contributed by atoms with Crippen LogP contribution in [0.1, 0.15) is 47.1 Å². The van der Waals surface area contributed by atoms with E-state index in [0.717, 1.165) is 4.90 Å². The van der Waals surface area contributed by atoms with Crippen LogP contribution in [0.3, 0.4) is 0 Å². The zero-order valence-corrected chi connectivity index (χ0v) is 12.5. The van der Waals surface area contributed by atoms with Crippen molar-refractivity contribution in [2.24, 2.45) is 0 Å². The molecule has 2 amide bonds. The molecule has 0 saturated carbocycles. The Morgan fingerprint density at radius 3 is 2.48 bits per heavy atom. The number of amides is 2. The van der Waals surface area contributed by atoms with Gasteiger partial charge in [-0.3, -0.25) is 14.5 Å². The van der Waals surface area contributed by atoms with Gasteiger partial charge in [0.05, 0.1) is 11.3 Å². The first-order chi connectivity index (χ1) is 9.68. The molecule has 0 saturated heterocycles. The average Bonchev–Trinajstić information content (AvgIpc) is 2.64. The Bertz CT molecular complexity index is 631. The molecule has 1 aliphatic rings. The molecule has 1 aliphatic heterocycles. The summed E-state index contributed by atoms with van der Waals surface area (Å²) in [6, 6.07) is 3.09. The van der Waals surface area contributed by atoms with Crippen molar-refractivity contribution in [3.05, 3.63) is 28.8 Å². The van der Waals surface area contributed by atoms with Crippen molar-refractivity contribution in [2.45, 2.75) is 32.9 Å². The van der Waals surface area contributed by atoms with E-state index in [1.54, 1.807) is 33.9 Å². The van der Waals surface area contributed by atoms with Gasteiger partial charge in [0.25, 0.3) is 5.91 Å². The SMILES string of the molecule is CN1Cc2c(C=O)ccc(N(C(=O)O)C(C)(C)C)c2C1=O. The molecule has 1 aromatic rings. The third kappa shape index (κ3) is 2.37. The van der Waals surface area contributed by atoms with Crippen molar-refractivity contribution in [2.75, 3.05) is 11.9 Å². The first-order valence-electron chi connectivity index (χ1n) is 6.58. The highest BCUT2D eigenvalue weighted by atomic mass is 16.4. The van der Waals surface area contributed by atoms with Crippen molar-refractivity contribution in [3.8, 4) is 0 Å². The Labute approximate surface area is 123 Å². The minimum Gasteiger partial charge on any atom is -0.465 e. The molecular weight excluding hydrogens is 272 g/mol. The standard InChI is InChI=1S/C15H18N2O4/c1-15(2,3)17(14(20)21)11-6-5-9(8-18)10-7-16(4)13(19)12(10)11/h5-6,8H,7H2,1-4H3,(H,20,21). The van der Waals surface area contributed by atoms with E-state index in [1.165, 1.54) is 11.0 Å². The molecule has 0 radical (unpaired) electrons. The van der Waals surface area contributed by atoms with Crippen molar-refractivity contribution in [1.82, 2.24) is 4.90 Å². The molecule has 1 N–H and O–H groups in total. The van der Waals surface area contributed by atoms with E-state index in [2.05, 4.69) is 0 Å². The molecular formula is C15H18N2O4. The maximum atomic E-state index is 12.3. The second-order valence-electron chi connectivity index (χ2n) is 6.10. The summed E-state index contributed by atoms with van der Waals surface area (Å²) in [5.41, 5.74) is 0.935. The van der Waals surface area contributed by atoms with Crippen LogP contribution in [0.25, 0.3) is 0 Å². The van der Waals surface area contributed by atoms with Crippen LogP contribution in [0.5, 0.6) is 0 Å². The molecule has 1 aromatic carbocycles. The molecule has 2 rings (SSSR count). The smallest absolute Gasteiger partial charge is 0.412 e. The van der Waals surface area contributed by atoms with Crippen LogP contribution in [-0.4, -0.2) is 40.9 Å². The summed E-state index contributed by atoms with van der Waals surface area (Å²) in [5.74, 6) is -0.265. The number of rotatable bonds is 2. The van der Waals surface area contributed by atoms with E-state index in [-0.39, 0.29) is 5.91 Å². The third-order valence-corrected chi connectivity index (χ3v) is 3.51. The molecule has 6 heteroatoms. The molecule has 0 aromatic heterocycles. The number of benzene rings is 1. The van der Waals surface area contributed by atoms with Gasteiger partial charge in [-0.1, -0.05) is 0 Å². The number of carbonyl (C=O) groups excluding carboxylic acids is 2. The third-order valence-electron chi connectivity index (χ3n) is 3.51. The fraction of sp³-hybridized carbons (Fsp3) is 0.400. The number of carboxylic acid groups (broad SMARTS) is 1. The van der Waals surface area contributed by atoms with E-state index in [9.17, 15) is 19.5 Å². The number of nitrogens with zero attached hydrogens (tertiary/aromatic N) is 2. The lowest BCUT2D eigenvalue weighted by Gasteiger charge is -2.34. The van der Waals surface area contributed by atoms with Gasteiger partial charge in [-0.15, -0.1) is 0 Å². The van der Waals surface area contributed by atoms with Gasteiger partial charge < -0.3 is 10.0 Å². The monoisotopic (exact) mass is 290 g/mol. The van der Waals surface area contributed by atoms with Crippen LogP contribution in [0.15, 0.2) is 12.1 Å². The zero-order valence-electron chi connectivity index (χ0n) is 12.5. The summed E-state index contributed by atoms with van der Waals surface area (Å²) in [5, 5.41) is 9.50. The van der Waals surface area contributed by atoms with Gasteiger partial charge in [-0.05, 0) is 38.5 Å². The summed E-state index contributed by atoms with van der Waals surface area (Å²) >= 11 is 0. The lowest BCUT2D eigenvalue weighted by molar-refractivity contribution is 0.0816. The maximum Gasteiger partial charge on any atom is 0.412 e. The van der Waals surface area contributed by atoms with Crippen LogP contribution < -0.4 is 4.90 Å². The normalized spacial score (nSPS) is 14.1. The molecule has 6 nitrogen and oxygen atoms in total. The van der Waals surface area contributed by atoms with Crippen LogP contribution in [0.4, 0.5) is 10.5 Å². The van der Waals surface area contributed by atoms with Crippen LogP contribution in [0, 0.1) is 0 Å². The minimum atomic E-state index is -1.13. The van der Waals surface area contributed by atoms with Crippen molar-refractivity contribution >= 4 is 24.0 Å². The molecule has 112 valence electrons. The Morgan fingerprint density at radius 2 is 2.00 bits per heavy atom. The number of hydrogen-bond donors (Lipinski definition) is 1. The summed E-state index contributed by atoms with van der Waals surface area (Å²) < 4.78 is 0. The van der Waals surface area contributed by atoms with Crippen LogP contribution in [-0.2, 0) is 6.54 Å². The highest BCUT2D eigenvalue weighted by Gasteiger charge is 2.36. The summed E-state index contributed by atoms with van der Waals surface area (Å²) in [6.07, 6.45) is -0.442. The lowest BCUT2D eigenvalue weighted by atomic mass is 9.98. The van der Waals surface area contributed by atoms with E-state index < -0.39 is 11.6 Å². The predicted molar refractivity (Wildman–Crippen MR) is 77.9 cm³/mol. The molecule has 0 aliphatic carbocycles. The molecule has 0 bridgehead atoms. The zero-order chi connectivity index (χ0) is 15.9. The molecule has 1 heterocycles. The van der Waals surface area contributed by atoms with E-state index in [0.29, 0.717) is 35.2 Å². The number of aldehydes is 1. The molecule has 0 spiro atoms. The van der Waals surface area contributed by atoms with Gasteiger partial charge in [0.2, 0.25) is 0 Å². The van der Waals surface area contributed by atoms with E-state index >= 15 is 0 Å². The minimum absolute atomic E-state index is 0.265. The van der Waals surface area contributed by atoms with Crippen LogP contribution >= 0.6 is 0 Å². The lowest BCUT2D eigenvalue weighted by Crippen LogP contribution is -2.46. The Balaban J connectivity index is 2.72. The van der Waals surface area contributed by atoms with Crippen molar-refractivity contribution in [1.29, 1.82) is 0 Å². The van der Waals surface area contributed by atoms with Gasteiger partial charge >= 0.3 is 6.09 Å². The highest BCUT2D eigenvalue weighted by molar-refractivity contribution is 6.08. The summed E-state index contributed by atoms with van der Waals surface area (Å²) in [7, 11) is 1.63. The van der Waals surface area contributed by atoms with Gasteiger partial charge in [0, 0.05) is 24.7 Å². The second kappa shape index (κ2) is 4.87. The number of hydrogen-bond acceptors (Lipinski definition) is 3. The first kappa shape index (κ1) is 15.0. The maximum absolute atomic E-state index is 12.3. The van der Waals surface area contributed by atoms with Gasteiger partial charge in [0.1, 0.15) is 6.29 Å². The first-order valence-corrected chi connectivity index (χ1v) is 6.58. The second-order valence-corrected chi connectivity index (χ2v) is 6.10. The number of carbonyl (C=O) groups is 3. The topological polar surface area (TPSA) is 77.9 Å². The molecule has 21 heavy (non-hydrogen) atoms. The Morgan fingerprint density at radius 1 is 1.38 bits per heavy atom. The highest BCUT2D eigenvalue weighted by Crippen LogP contribution is 2.36. The van der Waals surface area contributed by atoms with Gasteiger partial charge in [-0.2, -0.15) is 0 Å². The number of fused-ring (bicyclic) bond motifs is 1. The summed E-state index contributed by atoms with van der Waals surface area (Å²) in [6.45, 7) is 5.58. The van der Waals surface area contributed by atoms with Crippen molar-refractivity contribution < 1.29 is 19.5 Å². The van der Waals surface area contributed by atoms with Gasteiger partial charge in [-0.25, -0.2) is 4.79 Å².